The van der Waals surface area contributed by atoms with E-state index in [-0.39, 0.29) is 0 Å². The first-order valence-corrected chi connectivity index (χ1v) is 25.5. The van der Waals surface area contributed by atoms with Crippen LogP contribution in [0.1, 0.15) is 0 Å². The van der Waals surface area contributed by atoms with Gasteiger partial charge in [0.2, 0.25) is 0 Å². The van der Waals surface area contributed by atoms with E-state index in [2.05, 4.69) is 255 Å². The molecule has 0 aliphatic rings. The van der Waals surface area contributed by atoms with E-state index in [0.717, 1.165) is 33.4 Å². The third-order valence-electron chi connectivity index (χ3n) is 16.6. The molecule has 0 saturated carbocycles. The van der Waals surface area contributed by atoms with Gasteiger partial charge in [-0.25, -0.2) is 4.98 Å². The highest BCUT2D eigenvalue weighted by Crippen LogP contribution is 2.49. The van der Waals surface area contributed by atoms with E-state index in [1.54, 1.807) is 0 Å². The zero-order valence-corrected chi connectivity index (χ0v) is 39.8. The Kier molecular flexibility index (Phi) is 7.28. The molecule has 7 aromatic heterocycles. The first kappa shape index (κ1) is 38.7. The van der Waals surface area contributed by atoms with Crippen LogP contribution in [0.5, 0.6) is 0 Å². The highest BCUT2D eigenvalue weighted by Gasteiger charge is 2.27. The summed E-state index contributed by atoms with van der Waals surface area (Å²) in [7, 11) is 0. The molecular weight excluding hydrogens is 899 g/mol. The molecule has 74 heavy (non-hydrogen) atoms. The number of benzene rings is 11. The van der Waals surface area contributed by atoms with Gasteiger partial charge in [-0.3, -0.25) is 4.40 Å². The summed E-state index contributed by atoms with van der Waals surface area (Å²) in [6.07, 6.45) is 0. The predicted octanol–water partition coefficient (Wildman–Crippen LogP) is 18.1. The Bertz CT molecular complexity index is 5420. The van der Waals surface area contributed by atoms with Crippen molar-refractivity contribution in [3.05, 3.63) is 237 Å². The minimum absolute atomic E-state index is 0.982. The first-order valence-electron chi connectivity index (χ1n) is 25.5. The lowest BCUT2D eigenvalue weighted by molar-refractivity contribution is 1.18. The van der Waals surface area contributed by atoms with Crippen LogP contribution in [0.3, 0.4) is 0 Å². The molecule has 0 unspecified atom stereocenters. The van der Waals surface area contributed by atoms with Gasteiger partial charge in [0.1, 0.15) is 5.65 Å². The molecule has 5 nitrogen and oxygen atoms in total. The zero-order chi connectivity index (χ0) is 47.9. The summed E-state index contributed by atoms with van der Waals surface area (Å²) in [5, 5.41) is 16.0. The van der Waals surface area contributed by atoms with Crippen LogP contribution in [0.25, 0.3) is 164 Å². The van der Waals surface area contributed by atoms with E-state index >= 15 is 0 Å². The Morgan fingerprint density at radius 1 is 0.270 bits per heavy atom. The number of fused-ring (bicyclic) bond motifs is 20. The summed E-state index contributed by atoms with van der Waals surface area (Å²) in [5.41, 5.74) is 19.8. The molecule has 0 saturated heterocycles. The van der Waals surface area contributed by atoms with Gasteiger partial charge in [0.25, 0.3) is 0 Å². The van der Waals surface area contributed by atoms with Gasteiger partial charge >= 0.3 is 0 Å². The zero-order valence-electron chi connectivity index (χ0n) is 39.8. The Morgan fingerprint density at radius 3 is 1.45 bits per heavy atom. The lowest BCUT2D eigenvalue weighted by Crippen LogP contribution is -1.93. The molecule has 0 bridgehead atoms. The molecule has 5 heteroatoms. The topological polar surface area (TPSA) is 31.6 Å². The summed E-state index contributed by atoms with van der Waals surface area (Å²) in [6, 6.07) is 87.5. The van der Waals surface area contributed by atoms with Crippen LogP contribution >= 0.6 is 0 Å². The molecule has 0 radical (unpaired) electrons. The highest BCUT2D eigenvalue weighted by molar-refractivity contribution is 6.32. The molecule has 340 valence electrons. The molecule has 0 N–H and O–H groups in total. The number of hydrogen-bond acceptors (Lipinski definition) is 1. The first-order chi connectivity index (χ1) is 36.7. The normalized spacial score (nSPS) is 12.6. The van der Waals surface area contributed by atoms with E-state index in [4.69, 9.17) is 4.98 Å². The smallest absolute Gasteiger partial charge is 0.146 e. The maximum absolute atomic E-state index is 5.90. The monoisotopic (exact) mass is 937 g/mol. The lowest BCUT2D eigenvalue weighted by Gasteiger charge is -2.11. The Hall–Kier alpha value is -9.97. The minimum Gasteiger partial charge on any atom is -0.309 e. The molecule has 0 aliphatic carbocycles. The molecule has 0 atom stereocenters. The Balaban J connectivity index is 0.924. The fourth-order valence-electron chi connectivity index (χ4n) is 13.6. The summed E-state index contributed by atoms with van der Waals surface area (Å²) >= 11 is 0. The summed E-state index contributed by atoms with van der Waals surface area (Å²) in [6.45, 7) is 0. The third-order valence-corrected chi connectivity index (χ3v) is 16.6. The van der Waals surface area contributed by atoms with Gasteiger partial charge in [0.15, 0.2) is 0 Å². The second-order valence-corrected chi connectivity index (χ2v) is 20.2. The van der Waals surface area contributed by atoms with Crippen LogP contribution < -0.4 is 0 Å². The Morgan fingerprint density at radius 2 is 0.770 bits per heavy atom. The summed E-state index contributed by atoms with van der Waals surface area (Å²) < 4.78 is 9.83. The quantitative estimate of drug-likeness (QED) is 0.173. The second kappa shape index (κ2) is 13.9. The van der Waals surface area contributed by atoms with E-state index in [1.807, 2.05) is 0 Å². The third kappa shape index (κ3) is 4.82. The average Bonchev–Trinajstić information content (AvgIpc) is 4.41. The van der Waals surface area contributed by atoms with Crippen LogP contribution in [-0.4, -0.2) is 22.9 Å². The van der Waals surface area contributed by atoms with E-state index in [0.29, 0.717) is 0 Å². The number of pyridine rings is 1. The highest BCUT2D eigenvalue weighted by atomic mass is 15.0. The minimum atomic E-state index is 0.982. The maximum atomic E-state index is 5.90. The second-order valence-electron chi connectivity index (χ2n) is 20.2. The van der Waals surface area contributed by atoms with Crippen LogP contribution in [0.2, 0.25) is 0 Å². The number of hydrogen-bond donors (Lipinski definition) is 0. The van der Waals surface area contributed by atoms with Crippen LogP contribution in [0.4, 0.5) is 0 Å². The molecule has 11 aromatic carbocycles. The van der Waals surface area contributed by atoms with Gasteiger partial charge < -0.3 is 13.5 Å². The molecule has 0 spiro atoms. The van der Waals surface area contributed by atoms with Crippen molar-refractivity contribution in [1.82, 2.24) is 22.9 Å². The predicted molar refractivity (Wildman–Crippen MR) is 311 cm³/mol. The van der Waals surface area contributed by atoms with Crippen molar-refractivity contribution in [3.8, 4) is 33.6 Å². The number of para-hydroxylation sites is 7. The number of aromatic nitrogens is 5. The molecular formula is C69H39N5. The van der Waals surface area contributed by atoms with E-state index in [1.165, 1.54) is 131 Å². The largest absolute Gasteiger partial charge is 0.309 e. The standard InChI is InChI=1S/C69H39N5/c1-3-17-43(18-4-1)71-58-30-11-9-22-47(58)55-37-41(32-34-60(55)71)46-24-13-25-49-50-26-15-29-53-64-62(73(65(46)49)67(50)53)39-57-51-27-14-28-52-63-45-21-8-7-16-40(45)36-54(68(63)74(66(51)52)69(57)70-64)42-33-35-61-56(38-42)48-23-10-12-31-59(48)72(61)44-19-5-2-6-20-44/h1-39H. The van der Waals surface area contributed by atoms with Crippen molar-refractivity contribution in [3.63, 3.8) is 0 Å². The van der Waals surface area contributed by atoms with Crippen molar-refractivity contribution in [2.24, 2.45) is 0 Å². The van der Waals surface area contributed by atoms with Gasteiger partial charge in [-0.2, -0.15) is 0 Å². The van der Waals surface area contributed by atoms with Gasteiger partial charge in [-0.15, -0.1) is 0 Å². The van der Waals surface area contributed by atoms with E-state index in [9.17, 15) is 0 Å². The van der Waals surface area contributed by atoms with Gasteiger partial charge in [0.05, 0.1) is 55.2 Å². The van der Waals surface area contributed by atoms with Crippen LogP contribution in [0.15, 0.2) is 237 Å². The van der Waals surface area contributed by atoms with Crippen molar-refractivity contribution in [2.75, 3.05) is 0 Å². The molecule has 0 fully saturated rings. The fourth-order valence-corrected chi connectivity index (χ4v) is 13.6. The Labute approximate surface area is 421 Å². The van der Waals surface area contributed by atoms with Crippen molar-refractivity contribution < 1.29 is 0 Å². The average molecular weight is 938 g/mol. The van der Waals surface area contributed by atoms with Gasteiger partial charge in [0, 0.05) is 81.8 Å². The molecule has 18 aromatic rings. The van der Waals surface area contributed by atoms with Gasteiger partial charge in [-0.1, -0.05) is 164 Å². The van der Waals surface area contributed by atoms with Crippen LogP contribution in [-0.2, 0) is 0 Å². The summed E-state index contributed by atoms with van der Waals surface area (Å²) in [5.74, 6) is 0. The van der Waals surface area contributed by atoms with E-state index < -0.39 is 0 Å². The lowest BCUT2D eigenvalue weighted by atomic mass is 9.95. The molecule has 18 rings (SSSR count). The summed E-state index contributed by atoms with van der Waals surface area (Å²) in [4.78, 5) is 5.90. The van der Waals surface area contributed by atoms with Crippen LogP contribution in [0, 0.1) is 0 Å². The number of rotatable bonds is 4. The van der Waals surface area contributed by atoms with Crippen molar-refractivity contribution in [1.29, 1.82) is 0 Å². The number of nitrogens with zero attached hydrogens (tertiary/aromatic N) is 5. The molecule has 7 heterocycles. The van der Waals surface area contributed by atoms with Crippen molar-refractivity contribution in [2.45, 2.75) is 0 Å². The van der Waals surface area contributed by atoms with Gasteiger partial charge in [-0.05, 0) is 94.7 Å². The molecule has 0 aliphatic heterocycles. The van der Waals surface area contributed by atoms with Crippen molar-refractivity contribution >= 4 is 131 Å². The fraction of sp³-hybridized carbons (Fsp3) is 0. The SMILES string of the molecule is c1ccc(-n2c3ccccc3c3cc(-c4cccc5c6cccc7c8nc9c(cc8n(c45)c67)c4cccc5c6c7ccccc7cc(-c7ccc8c(c7)c7ccccc7n8-c7ccccc7)c6n9c45)ccc32)cc1. The maximum Gasteiger partial charge on any atom is 0.146 e. The molecule has 0 amide bonds.